The molecule has 68 valence electrons. The van der Waals surface area contributed by atoms with Gasteiger partial charge in [-0.15, -0.1) is 0 Å². The molecule has 3 atom stereocenters. The molecule has 0 aromatic heterocycles. The van der Waals surface area contributed by atoms with Crippen LogP contribution in [-0.2, 0) is 4.79 Å². The number of rotatable bonds is 1. The number of carbonyl (C=O) groups is 1. The maximum Gasteiger partial charge on any atom is 0.139 e. The minimum atomic E-state index is 0.336. The molecule has 0 aromatic carbocycles. The SMILES string of the molecule is CC[C@H]1CC2CC(C1=O)C2(C)C. The van der Waals surface area contributed by atoms with E-state index >= 15 is 0 Å². The van der Waals surface area contributed by atoms with Crippen molar-refractivity contribution in [2.75, 3.05) is 0 Å². The van der Waals surface area contributed by atoms with E-state index in [2.05, 4.69) is 20.8 Å². The molecule has 0 spiro atoms. The summed E-state index contributed by atoms with van der Waals surface area (Å²) in [5.41, 5.74) is 0.336. The summed E-state index contributed by atoms with van der Waals surface area (Å²) in [5.74, 6) is 2.21. The highest BCUT2D eigenvalue weighted by Crippen LogP contribution is 2.59. The average molecular weight is 166 g/mol. The van der Waals surface area contributed by atoms with Crippen LogP contribution in [0.4, 0.5) is 0 Å². The van der Waals surface area contributed by atoms with Gasteiger partial charge in [0.2, 0.25) is 0 Å². The van der Waals surface area contributed by atoms with Gasteiger partial charge in [0.05, 0.1) is 0 Å². The van der Waals surface area contributed by atoms with Crippen LogP contribution in [0.15, 0.2) is 0 Å². The summed E-state index contributed by atoms with van der Waals surface area (Å²) in [4.78, 5) is 11.8. The minimum absolute atomic E-state index is 0.336. The van der Waals surface area contributed by atoms with E-state index in [4.69, 9.17) is 0 Å². The fraction of sp³-hybridized carbons (Fsp3) is 0.909. The molecule has 1 heteroatoms. The van der Waals surface area contributed by atoms with Crippen molar-refractivity contribution in [2.24, 2.45) is 23.2 Å². The summed E-state index contributed by atoms with van der Waals surface area (Å²) < 4.78 is 0. The van der Waals surface area contributed by atoms with Gasteiger partial charge in [-0.05, 0) is 30.6 Å². The first-order chi connectivity index (χ1) is 5.57. The summed E-state index contributed by atoms with van der Waals surface area (Å²) in [5, 5.41) is 0. The zero-order chi connectivity index (χ0) is 8.93. The molecule has 0 heterocycles. The number of hydrogen-bond donors (Lipinski definition) is 0. The van der Waals surface area contributed by atoms with Gasteiger partial charge in [-0.3, -0.25) is 4.79 Å². The molecule has 2 bridgehead atoms. The van der Waals surface area contributed by atoms with Crippen molar-refractivity contribution >= 4 is 5.78 Å². The van der Waals surface area contributed by atoms with Crippen molar-refractivity contribution in [1.29, 1.82) is 0 Å². The highest BCUT2D eigenvalue weighted by Gasteiger charge is 2.56. The van der Waals surface area contributed by atoms with E-state index in [9.17, 15) is 4.79 Å². The fourth-order valence-electron chi connectivity index (χ4n) is 3.01. The lowest BCUT2D eigenvalue weighted by molar-refractivity contribution is -0.156. The van der Waals surface area contributed by atoms with Crippen LogP contribution in [-0.4, -0.2) is 5.78 Å². The number of fused-ring (bicyclic) bond motifs is 2. The predicted molar refractivity (Wildman–Crippen MR) is 48.8 cm³/mol. The first-order valence-corrected chi connectivity index (χ1v) is 5.11. The Hall–Kier alpha value is -0.330. The zero-order valence-electron chi connectivity index (χ0n) is 8.26. The van der Waals surface area contributed by atoms with E-state index in [-0.39, 0.29) is 0 Å². The second-order valence-electron chi connectivity index (χ2n) is 5.05. The summed E-state index contributed by atoms with van der Waals surface area (Å²) in [6, 6.07) is 0. The Balaban J connectivity index is 2.17. The van der Waals surface area contributed by atoms with Gasteiger partial charge in [-0.2, -0.15) is 0 Å². The lowest BCUT2D eigenvalue weighted by atomic mass is 9.46. The van der Waals surface area contributed by atoms with Crippen LogP contribution < -0.4 is 0 Å². The second-order valence-corrected chi connectivity index (χ2v) is 5.05. The van der Waals surface area contributed by atoms with Crippen molar-refractivity contribution in [3.05, 3.63) is 0 Å². The van der Waals surface area contributed by atoms with Crippen molar-refractivity contribution in [1.82, 2.24) is 0 Å². The molecular formula is C11H18O. The van der Waals surface area contributed by atoms with Crippen molar-refractivity contribution < 1.29 is 4.79 Å². The van der Waals surface area contributed by atoms with Crippen LogP contribution in [0.1, 0.15) is 40.0 Å². The maximum atomic E-state index is 11.8. The van der Waals surface area contributed by atoms with E-state index in [1.807, 2.05) is 0 Å². The molecule has 2 unspecified atom stereocenters. The van der Waals surface area contributed by atoms with Crippen LogP contribution in [0.5, 0.6) is 0 Å². The molecule has 0 aliphatic heterocycles. The third-order valence-corrected chi connectivity index (χ3v) is 4.28. The molecule has 0 N–H and O–H groups in total. The first-order valence-electron chi connectivity index (χ1n) is 5.11. The number of hydrogen-bond acceptors (Lipinski definition) is 1. The lowest BCUT2D eigenvalue weighted by Crippen LogP contribution is -2.56. The molecule has 0 aromatic rings. The van der Waals surface area contributed by atoms with Gasteiger partial charge in [0.1, 0.15) is 5.78 Å². The molecule has 0 amide bonds. The summed E-state index contributed by atoms with van der Waals surface area (Å²) >= 11 is 0. The normalized spacial score (nSPS) is 43.9. The van der Waals surface area contributed by atoms with E-state index in [0.29, 0.717) is 23.0 Å². The standard InChI is InChI=1S/C11H18O/c1-4-7-5-8-6-9(10(7)12)11(8,2)3/h7-9H,4-6H2,1-3H3/t7-,8?,9?/m0/s1. The van der Waals surface area contributed by atoms with Gasteiger partial charge < -0.3 is 0 Å². The molecule has 0 radical (unpaired) electrons. The van der Waals surface area contributed by atoms with E-state index < -0.39 is 0 Å². The van der Waals surface area contributed by atoms with E-state index in [1.165, 1.54) is 12.8 Å². The molecule has 3 aliphatic carbocycles. The molecule has 0 saturated heterocycles. The quantitative estimate of drug-likeness (QED) is 0.585. The van der Waals surface area contributed by atoms with Crippen molar-refractivity contribution in [3.8, 4) is 0 Å². The number of carbonyl (C=O) groups excluding carboxylic acids is 1. The zero-order valence-corrected chi connectivity index (χ0v) is 8.26. The Morgan fingerprint density at radius 2 is 2.08 bits per heavy atom. The molecule has 3 rings (SSSR count). The lowest BCUT2D eigenvalue weighted by Gasteiger charge is -2.57. The van der Waals surface area contributed by atoms with Crippen molar-refractivity contribution in [2.45, 2.75) is 40.0 Å². The Labute approximate surface area is 74.5 Å². The molecule has 12 heavy (non-hydrogen) atoms. The van der Waals surface area contributed by atoms with E-state index in [0.717, 1.165) is 12.3 Å². The van der Waals surface area contributed by atoms with Crippen LogP contribution in [0, 0.1) is 23.2 Å². The third-order valence-electron chi connectivity index (χ3n) is 4.28. The number of Topliss-reactive ketones (excluding diaryl/α,β-unsaturated/α-hetero) is 1. The Kier molecular flexibility index (Phi) is 1.61. The third kappa shape index (κ3) is 0.826. The topological polar surface area (TPSA) is 17.1 Å². The molecular weight excluding hydrogens is 148 g/mol. The van der Waals surface area contributed by atoms with Gasteiger partial charge in [0, 0.05) is 11.8 Å². The van der Waals surface area contributed by atoms with Crippen LogP contribution in [0.3, 0.4) is 0 Å². The van der Waals surface area contributed by atoms with Gasteiger partial charge >= 0.3 is 0 Å². The highest BCUT2D eigenvalue weighted by atomic mass is 16.1. The largest absolute Gasteiger partial charge is 0.299 e. The Bertz CT molecular complexity index is 217. The van der Waals surface area contributed by atoms with Crippen LogP contribution in [0.25, 0.3) is 0 Å². The minimum Gasteiger partial charge on any atom is -0.299 e. The number of ketones is 1. The molecule has 1 nitrogen and oxygen atoms in total. The molecule has 3 fully saturated rings. The summed E-state index contributed by atoms with van der Waals surface area (Å²) in [6.45, 7) is 6.66. The maximum absolute atomic E-state index is 11.8. The molecule has 3 saturated carbocycles. The first kappa shape index (κ1) is 8.28. The van der Waals surface area contributed by atoms with Gasteiger partial charge in [0.15, 0.2) is 0 Å². The van der Waals surface area contributed by atoms with Gasteiger partial charge in [-0.25, -0.2) is 0 Å². The van der Waals surface area contributed by atoms with Gasteiger partial charge in [0.25, 0.3) is 0 Å². The van der Waals surface area contributed by atoms with Gasteiger partial charge in [-0.1, -0.05) is 20.8 Å². The Morgan fingerprint density at radius 3 is 2.50 bits per heavy atom. The predicted octanol–water partition coefficient (Wildman–Crippen LogP) is 2.65. The highest BCUT2D eigenvalue weighted by molar-refractivity contribution is 5.86. The van der Waals surface area contributed by atoms with Crippen molar-refractivity contribution in [3.63, 3.8) is 0 Å². The summed E-state index contributed by atoms with van der Waals surface area (Å²) in [6.07, 6.45) is 3.41. The monoisotopic (exact) mass is 166 g/mol. The molecule has 3 aliphatic rings. The van der Waals surface area contributed by atoms with E-state index in [1.54, 1.807) is 0 Å². The Morgan fingerprint density at radius 1 is 1.42 bits per heavy atom. The smallest absolute Gasteiger partial charge is 0.139 e. The fourth-order valence-corrected chi connectivity index (χ4v) is 3.01. The van der Waals surface area contributed by atoms with Crippen LogP contribution in [0.2, 0.25) is 0 Å². The average Bonchev–Trinajstić information content (AvgIpc) is 2.03. The summed E-state index contributed by atoms with van der Waals surface area (Å²) in [7, 11) is 0. The van der Waals surface area contributed by atoms with Crippen LogP contribution >= 0.6 is 0 Å². The second kappa shape index (κ2) is 2.34.